The first-order valence-corrected chi connectivity index (χ1v) is 5.64. The van der Waals surface area contributed by atoms with Gasteiger partial charge in [-0.1, -0.05) is 13.8 Å². The first-order chi connectivity index (χ1) is 7.66. The summed E-state index contributed by atoms with van der Waals surface area (Å²) in [6.07, 6.45) is 0. The molecule has 2 heterocycles. The molecule has 0 unspecified atom stereocenters. The highest BCUT2D eigenvalue weighted by Crippen LogP contribution is 2.20. The van der Waals surface area contributed by atoms with E-state index in [1.807, 2.05) is 6.07 Å². The maximum Gasteiger partial charge on any atom is 0.222 e. The molecule has 16 heavy (non-hydrogen) atoms. The molecule has 0 saturated carbocycles. The average molecular weight is 222 g/mol. The van der Waals surface area contributed by atoms with Crippen molar-refractivity contribution in [3.8, 4) is 0 Å². The van der Waals surface area contributed by atoms with E-state index in [0.717, 1.165) is 37.8 Å². The van der Waals surface area contributed by atoms with Gasteiger partial charge in [0.25, 0.3) is 0 Å². The molecule has 5 heteroatoms. The fourth-order valence-corrected chi connectivity index (χ4v) is 1.72. The van der Waals surface area contributed by atoms with Crippen LogP contribution in [-0.4, -0.2) is 36.3 Å². The second kappa shape index (κ2) is 4.65. The quantitative estimate of drug-likeness (QED) is 0.809. The second-order valence-electron chi connectivity index (χ2n) is 4.26. The Labute approximate surface area is 95.6 Å². The van der Waals surface area contributed by atoms with Gasteiger partial charge in [-0.15, -0.1) is 0 Å². The number of rotatable bonds is 2. The number of nitrogen functional groups attached to an aromatic ring is 1. The predicted molar refractivity (Wildman–Crippen MR) is 63.6 cm³/mol. The minimum atomic E-state index is 0.354. The van der Waals surface area contributed by atoms with Crippen molar-refractivity contribution in [2.24, 2.45) is 0 Å². The highest BCUT2D eigenvalue weighted by atomic mass is 16.5. The second-order valence-corrected chi connectivity index (χ2v) is 4.26. The molecule has 0 atom stereocenters. The largest absolute Gasteiger partial charge is 0.378 e. The molecule has 5 nitrogen and oxygen atoms in total. The number of aromatic nitrogens is 2. The van der Waals surface area contributed by atoms with Crippen LogP contribution in [-0.2, 0) is 4.74 Å². The SMILES string of the molecule is CC(C)c1cc(N2CCOCC2)nc(N)n1. The Morgan fingerprint density at radius 3 is 2.62 bits per heavy atom. The highest BCUT2D eigenvalue weighted by Gasteiger charge is 2.15. The Bertz CT molecular complexity index is 361. The Morgan fingerprint density at radius 2 is 2.00 bits per heavy atom. The zero-order valence-electron chi connectivity index (χ0n) is 9.81. The van der Waals surface area contributed by atoms with E-state index < -0.39 is 0 Å². The number of morpholine rings is 1. The zero-order chi connectivity index (χ0) is 11.5. The van der Waals surface area contributed by atoms with Crippen molar-refractivity contribution in [2.45, 2.75) is 19.8 Å². The minimum Gasteiger partial charge on any atom is -0.378 e. The van der Waals surface area contributed by atoms with Gasteiger partial charge in [-0.2, -0.15) is 4.98 Å². The fraction of sp³-hybridized carbons (Fsp3) is 0.636. The molecule has 2 rings (SSSR count). The van der Waals surface area contributed by atoms with Crippen LogP contribution < -0.4 is 10.6 Å². The predicted octanol–water partition coefficient (Wildman–Crippen LogP) is 1.02. The van der Waals surface area contributed by atoms with Crippen molar-refractivity contribution in [1.82, 2.24) is 9.97 Å². The van der Waals surface area contributed by atoms with E-state index in [9.17, 15) is 0 Å². The maximum atomic E-state index is 5.72. The lowest BCUT2D eigenvalue weighted by Gasteiger charge is -2.28. The number of nitrogens with zero attached hydrogens (tertiary/aromatic N) is 3. The Morgan fingerprint density at radius 1 is 1.31 bits per heavy atom. The molecule has 2 N–H and O–H groups in total. The van der Waals surface area contributed by atoms with Gasteiger partial charge in [-0.05, 0) is 5.92 Å². The minimum absolute atomic E-state index is 0.354. The Hall–Kier alpha value is -1.36. The van der Waals surface area contributed by atoms with Gasteiger partial charge in [0.1, 0.15) is 5.82 Å². The molecule has 88 valence electrons. The van der Waals surface area contributed by atoms with E-state index in [4.69, 9.17) is 10.5 Å². The van der Waals surface area contributed by atoms with Crippen LogP contribution in [0.3, 0.4) is 0 Å². The highest BCUT2D eigenvalue weighted by molar-refractivity contribution is 5.44. The van der Waals surface area contributed by atoms with Gasteiger partial charge in [-0.3, -0.25) is 0 Å². The van der Waals surface area contributed by atoms with E-state index in [-0.39, 0.29) is 0 Å². The summed E-state index contributed by atoms with van der Waals surface area (Å²) in [5.74, 6) is 1.64. The van der Waals surface area contributed by atoms with Crippen molar-refractivity contribution in [2.75, 3.05) is 36.9 Å². The lowest BCUT2D eigenvalue weighted by atomic mass is 10.1. The normalized spacial score (nSPS) is 16.8. The van der Waals surface area contributed by atoms with Crippen molar-refractivity contribution >= 4 is 11.8 Å². The summed E-state index contributed by atoms with van der Waals surface area (Å²) in [6, 6.07) is 2.02. The van der Waals surface area contributed by atoms with Crippen molar-refractivity contribution in [3.63, 3.8) is 0 Å². The molecule has 1 aromatic heterocycles. The van der Waals surface area contributed by atoms with Gasteiger partial charge < -0.3 is 15.4 Å². The molecule has 0 radical (unpaired) electrons. The van der Waals surface area contributed by atoms with Crippen LogP contribution in [0.15, 0.2) is 6.07 Å². The number of ether oxygens (including phenoxy) is 1. The van der Waals surface area contributed by atoms with E-state index in [2.05, 4.69) is 28.7 Å². The molecule has 0 amide bonds. The Balaban J connectivity index is 2.25. The summed E-state index contributed by atoms with van der Waals surface area (Å²) in [6.45, 7) is 7.44. The molecular formula is C11H18N4O. The average Bonchev–Trinajstić information content (AvgIpc) is 2.29. The molecular weight excluding hydrogens is 204 g/mol. The standard InChI is InChI=1S/C11H18N4O/c1-8(2)9-7-10(14-11(12)13-9)15-3-5-16-6-4-15/h7-8H,3-6H2,1-2H3,(H2,12,13,14). The maximum absolute atomic E-state index is 5.72. The van der Waals surface area contributed by atoms with E-state index in [1.165, 1.54) is 0 Å². The summed E-state index contributed by atoms with van der Waals surface area (Å²) in [7, 11) is 0. The smallest absolute Gasteiger partial charge is 0.222 e. The third-order valence-electron chi connectivity index (χ3n) is 2.68. The van der Waals surface area contributed by atoms with Crippen molar-refractivity contribution in [1.29, 1.82) is 0 Å². The lowest BCUT2D eigenvalue weighted by Crippen LogP contribution is -2.37. The molecule has 1 aliphatic heterocycles. The molecule has 1 aromatic rings. The van der Waals surface area contributed by atoms with Crippen LogP contribution >= 0.6 is 0 Å². The molecule has 0 aliphatic carbocycles. The lowest BCUT2D eigenvalue weighted by molar-refractivity contribution is 0.122. The first kappa shape index (κ1) is 11.1. The number of nitrogens with two attached hydrogens (primary N) is 1. The fourth-order valence-electron chi connectivity index (χ4n) is 1.72. The summed E-state index contributed by atoms with van der Waals surface area (Å²) >= 11 is 0. The van der Waals surface area contributed by atoms with Gasteiger partial charge in [-0.25, -0.2) is 4.98 Å². The molecule has 1 aliphatic rings. The van der Waals surface area contributed by atoms with Crippen LogP contribution in [0.25, 0.3) is 0 Å². The summed E-state index contributed by atoms with van der Waals surface area (Å²) < 4.78 is 5.31. The number of hydrogen-bond acceptors (Lipinski definition) is 5. The number of hydrogen-bond donors (Lipinski definition) is 1. The van der Waals surface area contributed by atoms with Crippen LogP contribution in [0, 0.1) is 0 Å². The number of anilines is 2. The zero-order valence-corrected chi connectivity index (χ0v) is 9.81. The van der Waals surface area contributed by atoms with Crippen LogP contribution in [0.4, 0.5) is 11.8 Å². The third-order valence-corrected chi connectivity index (χ3v) is 2.68. The van der Waals surface area contributed by atoms with Crippen LogP contribution in [0.1, 0.15) is 25.5 Å². The van der Waals surface area contributed by atoms with Crippen LogP contribution in [0.5, 0.6) is 0 Å². The van der Waals surface area contributed by atoms with Gasteiger partial charge >= 0.3 is 0 Å². The van der Waals surface area contributed by atoms with Gasteiger partial charge in [0.15, 0.2) is 0 Å². The third kappa shape index (κ3) is 2.41. The molecule has 1 fully saturated rings. The van der Waals surface area contributed by atoms with Crippen molar-refractivity contribution in [3.05, 3.63) is 11.8 Å². The van der Waals surface area contributed by atoms with E-state index in [0.29, 0.717) is 11.9 Å². The van der Waals surface area contributed by atoms with Gasteiger partial charge in [0.2, 0.25) is 5.95 Å². The van der Waals surface area contributed by atoms with Gasteiger partial charge in [0, 0.05) is 19.2 Å². The summed E-state index contributed by atoms with van der Waals surface area (Å²) in [5, 5.41) is 0. The topological polar surface area (TPSA) is 64.3 Å². The molecule has 0 spiro atoms. The Kier molecular flexibility index (Phi) is 3.24. The summed E-state index contributed by atoms with van der Waals surface area (Å²) in [4.78, 5) is 10.7. The first-order valence-electron chi connectivity index (χ1n) is 5.64. The monoisotopic (exact) mass is 222 g/mol. The van der Waals surface area contributed by atoms with E-state index in [1.54, 1.807) is 0 Å². The molecule has 0 bridgehead atoms. The van der Waals surface area contributed by atoms with Crippen LogP contribution in [0.2, 0.25) is 0 Å². The summed E-state index contributed by atoms with van der Waals surface area (Å²) in [5.41, 5.74) is 6.72. The molecule has 1 saturated heterocycles. The van der Waals surface area contributed by atoms with Gasteiger partial charge in [0.05, 0.1) is 18.9 Å². The van der Waals surface area contributed by atoms with E-state index >= 15 is 0 Å². The van der Waals surface area contributed by atoms with Crippen molar-refractivity contribution < 1.29 is 4.74 Å². The molecule has 0 aromatic carbocycles.